The number of aryl methyl sites for hydroxylation is 2. The number of carbonyl (C=O) groups excluding carboxylic acids is 9. The summed E-state index contributed by atoms with van der Waals surface area (Å²) in [5.41, 5.74) is -3.45. The standard InChI is InChI=1S/C45H65N5O10.C42H55N3O11/c1-13-35-45(14-2)39(50(43(55)60-45)20-16-15-19-49-24-33(47-25-49)32-18-17-27(4)46-23-32)29(6)36(51)26(3)22-44(9,56-12)40(30(7)37(52)31(8)41(54)58-35)59-42-38(53)34(48(10)11)21-28(5)57-42;1-12-32-42(13-2,56-40(50)45-20-19-43-24-45)23-26(4)33(46)25(3)22-41(8,51-11)36(28(6)34(47)29(7)37(48)53-32)55-39-35(31(44(9)10)21-27(5)52-39)54-38(49)30-17-15-14-16-18-30/h2,17-18,23-26,28-31,34-35,38-40,42,53H,13,15-16,19-22H2,1,3-12H3;2,14-20,23-25,27-29,31-32,35-36,39H,12,21-22H2,1,3-11H3/b;26-23+/t26-,28-,29+,30+,31-,34+,35-,38-,39-,40-,42?,44+,45-;25-,27-,28+,29-,31+,32-,35-,36-,39?,41+,42+/m11/s1. The normalized spacial score (nSPS) is 35.1. The number of nitrogens with zero attached hydrogens (tertiary/aromatic N) is 8. The molecule has 0 aliphatic carbocycles. The van der Waals surface area contributed by atoms with E-state index in [1.807, 2.05) is 81.7 Å². The van der Waals surface area contributed by atoms with Crippen LogP contribution in [0, 0.1) is 73.0 Å². The lowest BCUT2D eigenvalue weighted by Crippen LogP contribution is -2.60. The van der Waals surface area contributed by atoms with Gasteiger partial charge in [0.1, 0.15) is 30.1 Å². The number of ether oxygens (including phenoxy) is 11. The largest absolute Gasteiger partial charge is 0.456 e. The lowest BCUT2D eigenvalue weighted by molar-refractivity contribution is -0.295. The van der Waals surface area contributed by atoms with Crippen LogP contribution in [0.5, 0.6) is 0 Å². The molecule has 116 heavy (non-hydrogen) atoms. The van der Waals surface area contributed by atoms with Gasteiger partial charge in [-0.05, 0) is 171 Å². The third kappa shape index (κ3) is 20.6. The molecule has 4 saturated heterocycles. The van der Waals surface area contributed by atoms with Crippen LogP contribution < -0.4 is 0 Å². The Morgan fingerprint density at radius 1 is 0.681 bits per heavy atom. The molecule has 0 saturated carbocycles. The number of ketones is 4. The smallest absolute Gasteiger partial charge is 0.421 e. The number of fused-ring (bicyclic) bond motifs is 1. The van der Waals surface area contributed by atoms with Crippen molar-refractivity contribution in [1.29, 1.82) is 0 Å². The van der Waals surface area contributed by atoms with Gasteiger partial charge >= 0.3 is 30.1 Å². The van der Waals surface area contributed by atoms with E-state index in [9.17, 15) is 48.3 Å². The maximum absolute atomic E-state index is 14.8. The van der Waals surface area contributed by atoms with Gasteiger partial charge in [-0.1, -0.05) is 78.5 Å². The molecule has 634 valence electrons. The molecule has 5 aliphatic heterocycles. The van der Waals surface area contributed by atoms with Gasteiger partial charge in [0.25, 0.3) is 0 Å². The first-order chi connectivity index (χ1) is 54.7. The summed E-state index contributed by atoms with van der Waals surface area (Å²) in [7, 11) is 10.4. The highest BCUT2D eigenvalue weighted by atomic mass is 16.7. The molecule has 29 heteroatoms. The first-order valence-corrected chi connectivity index (χ1v) is 40.1. The van der Waals surface area contributed by atoms with E-state index in [4.69, 9.17) is 65.0 Å². The molecule has 4 aromatic rings. The summed E-state index contributed by atoms with van der Waals surface area (Å²) >= 11 is 0. The summed E-state index contributed by atoms with van der Waals surface area (Å²) < 4.78 is 71.3. The second kappa shape index (κ2) is 39.6. The number of benzene rings is 1. The number of pyridine rings is 1. The fourth-order valence-corrected chi connectivity index (χ4v) is 16.9. The molecule has 9 rings (SSSR count). The molecule has 0 radical (unpaired) electrons. The van der Waals surface area contributed by atoms with Crippen molar-refractivity contribution in [2.75, 3.05) is 49.0 Å². The topological polar surface area (TPSA) is 334 Å². The third-order valence-corrected chi connectivity index (χ3v) is 23.8. The zero-order chi connectivity index (χ0) is 85.8. The lowest BCUT2D eigenvalue weighted by Gasteiger charge is -2.47. The zero-order valence-electron chi connectivity index (χ0n) is 71.0. The number of unbranched alkanes of at least 4 members (excludes halogenated alkanes) is 1. The first-order valence-electron chi connectivity index (χ1n) is 40.1. The number of amides is 1. The number of esters is 3. The van der Waals surface area contributed by atoms with Crippen molar-refractivity contribution in [3.8, 4) is 35.9 Å². The number of hydrogen-bond donors (Lipinski definition) is 1. The van der Waals surface area contributed by atoms with Gasteiger partial charge in [-0.3, -0.25) is 38.7 Å². The number of hydrogen-bond acceptors (Lipinski definition) is 26. The van der Waals surface area contributed by atoms with E-state index in [0.29, 0.717) is 37.8 Å². The minimum Gasteiger partial charge on any atom is -0.456 e. The number of carbonyl (C=O) groups is 9. The van der Waals surface area contributed by atoms with Crippen molar-refractivity contribution in [3.63, 3.8) is 0 Å². The number of Topliss-reactive ketones (excluding diaryl/α,β-unsaturated/α-hetero) is 4. The number of rotatable bonds is 19. The van der Waals surface area contributed by atoms with Crippen LogP contribution in [0.4, 0.5) is 9.59 Å². The Morgan fingerprint density at radius 3 is 1.78 bits per heavy atom. The maximum Gasteiger partial charge on any atom is 0.421 e. The highest BCUT2D eigenvalue weighted by Gasteiger charge is 2.63. The van der Waals surface area contributed by atoms with Crippen LogP contribution in [0.25, 0.3) is 11.3 Å². The van der Waals surface area contributed by atoms with Crippen molar-refractivity contribution < 1.29 is 100 Å². The lowest BCUT2D eigenvalue weighted by atomic mass is 9.73. The van der Waals surface area contributed by atoms with Crippen molar-refractivity contribution in [2.24, 2.45) is 41.4 Å². The fraction of sp³-hybridized carbons (Fsp3) is 0.632. The Bertz CT molecular complexity index is 4190. The molecule has 1 amide bonds. The predicted octanol–water partition coefficient (Wildman–Crippen LogP) is 9.89. The Labute approximate surface area is 682 Å². The SMILES string of the molecule is C#C[C@]1(OC(=O)n2ccnc2)/C=C(\C)C(=O)[C@H](C)C[C@](C)(OC)[C@H](OC2O[C@H](C)C[C@H](N(C)C)[C@H]2OC(=O)c2ccccc2)[C@@H](C)C(=O)[C@@H](C)C(=O)O[C@@H]1CC.C#C[C@]12OC(=O)N(CCCCn3cnc(-c4ccc(C)nc4)c3)[C@@H]1[C@@H](C)C(=O)[C@H](C)C[C@](C)(OC)[C@H](OC1O[C@H](C)C[C@H](N(C)C)[C@H]1O)[C@@H](C)C(=O)[C@@H](C)C(=O)O[C@@H]2CC. The van der Waals surface area contributed by atoms with E-state index in [1.54, 1.807) is 105 Å². The number of methoxy groups -OCH3 is 2. The van der Waals surface area contributed by atoms with Gasteiger partial charge in [0.05, 0.1) is 65.3 Å². The molecule has 1 N–H and O–H groups in total. The van der Waals surface area contributed by atoms with Gasteiger partial charge in [0.2, 0.25) is 11.2 Å². The number of allylic oxidation sites excluding steroid dienone is 1. The number of aliphatic hydroxyl groups is 1. The van der Waals surface area contributed by atoms with Crippen molar-refractivity contribution in [1.82, 2.24) is 38.8 Å². The van der Waals surface area contributed by atoms with E-state index >= 15 is 0 Å². The van der Waals surface area contributed by atoms with E-state index < -0.39 is 161 Å². The number of terminal acetylenes is 2. The average molecular weight is 1610 g/mol. The number of imidazole rings is 2. The van der Waals surface area contributed by atoms with Gasteiger partial charge in [0, 0.05) is 99.0 Å². The minimum atomic E-state index is -2.04. The van der Waals surface area contributed by atoms with E-state index in [2.05, 4.69) is 26.8 Å². The second-order valence-corrected chi connectivity index (χ2v) is 32.7. The summed E-state index contributed by atoms with van der Waals surface area (Å²) in [4.78, 5) is 144. The highest BCUT2D eigenvalue weighted by molar-refractivity contribution is 6.01. The summed E-state index contributed by atoms with van der Waals surface area (Å²) in [6.07, 6.45) is 14.3. The molecule has 1 aromatic carbocycles. The van der Waals surface area contributed by atoms with Crippen LogP contribution >= 0.6 is 0 Å². The molecule has 3 aromatic heterocycles. The first kappa shape index (κ1) is 92.6. The summed E-state index contributed by atoms with van der Waals surface area (Å²) in [5, 5.41) is 11.5. The van der Waals surface area contributed by atoms with Crippen molar-refractivity contribution >= 4 is 53.2 Å². The Hall–Kier alpha value is -8.88. The fourth-order valence-electron chi connectivity index (χ4n) is 16.9. The number of cyclic esters (lactones) is 2. The molecule has 8 heterocycles. The predicted molar refractivity (Wildman–Crippen MR) is 426 cm³/mol. The van der Waals surface area contributed by atoms with Gasteiger partial charge in [-0.15, -0.1) is 12.8 Å². The number of aliphatic hydroxyl groups excluding tert-OH is 1. The minimum absolute atomic E-state index is 0.0254. The molecule has 24 atom stereocenters. The molecular formula is C87H120N8O21. The van der Waals surface area contributed by atoms with E-state index in [-0.39, 0.29) is 73.7 Å². The number of aromatic nitrogens is 5. The highest BCUT2D eigenvalue weighted by Crippen LogP contribution is 2.45. The second-order valence-electron chi connectivity index (χ2n) is 32.7. The maximum atomic E-state index is 14.8. The molecule has 4 fully saturated rings. The monoisotopic (exact) mass is 1610 g/mol. The Balaban J connectivity index is 0.000000291. The molecule has 29 nitrogen and oxygen atoms in total. The third-order valence-electron chi connectivity index (χ3n) is 23.8. The summed E-state index contributed by atoms with van der Waals surface area (Å²) in [6.45, 7) is 26.2. The molecule has 0 spiro atoms. The van der Waals surface area contributed by atoms with Crippen molar-refractivity contribution in [3.05, 3.63) is 103 Å². The quantitative estimate of drug-likeness (QED) is 0.0300. The molecule has 2 unspecified atom stereocenters. The van der Waals surface area contributed by atoms with Crippen LogP contribution in [-0.2, 0) is 87.4 Å². The van der Waals surface area contributed by atoms with Crippen LogP contribution in [-0.4, -0.2) is 248 Å². The van der Waals surface area contributed by atoms with Crippen LogP contribution in [0.15, 0.2) is 91.6 Å². The van der Waals surface area contributed by atoms with Crippen LogP contribution in [0.1, 0.15) is 164 Å². The van der Waals surface area contributed by atoms with Gasteiger partial charge in [-0.2, -0.15) is 0 Å². The van der Waals surface area contributed by atoms with Crippen LogP contribution in [0.3, 0.4) is 0 Å². The van der Waals surface area contributed by atoms with Gasteiger partial charge < -0.3 is 71.6 Å². The Kier molecular flexibility index (Phi) is 31.6. The average Bonchev–Trinajstić information content (AvgIpc) is 1.57. The van der Waals surface area contributed by atoms with Gasteiger partial charge in [0.15, 0.2) is 48.2 Å². The van der Waals surface area contributed by atoms with Crippen molar-refractivity contribution in [2.45, 2.75) is 264 Å². The summed E-state index contributed by atoms with van der Waals surface area (Å²) in [5.74, 6) is -5.97. The van der Waals surface area contributed by atoms with E-state index in [1.165, 1.54) is 64.7 Å². The van der Waals surface area contributed by atoms with Crippen LogP contribution in [0.2, 0.25) is 0 Å². The summed E-state index contributed by atoms with van der Waals surface area (Å²) in [6, 6.07) is 10.8. The Morgan fingerprint density at radius 2 is 1.24 bits per heavy atom. The van der Waals surface area contributed by atoms with E-state index in [0.717, 1.165) is 21.5 Å². The number of likely N-dealkylation sites (N-methyl/N-ethyl adjacent to an activating group) is 2. The zero-order valence-corrected chi connectivity index (χ0v) is 71.0. The molecule has 0 bridgehead atoms. The molecule has 5 aliphatic rings. The van der Waals surface area contributed by atoms with Gasteiger partial charge in [-0.25, -0.2) is 28.9 Å². The molecular weight excluding hydrogens is 1490 g/mol.